The van der Waals surface area contributed by atoms with Gasteiger partial charge in [0.15, 0.2) is 0 Å². The Morgan fingerprint density at radius 2 is 1.73 bits per heavy atom. The summed E-state index contributed by atoms with van der Waals surface area (Å²) in [5.74, 6) is 0. The van der Waals surface area contributed by atoms with Gasteiger partial charge in [-0.05, 0) is 12.1 Å². The minimum absolute atomic E-state index is 0.324. The van der Waals surface area contributed by atoms with E-state index in [4.69, 9.17) is 0 Å². The highest BCUT2D eigenvalue weighted by Crippen LogP contribution is 2.17. The van der Waals surface area contributed by atoms with Gasteiger partial charge in [0.2, 0.25) is 0 Å². The molecule has 0 atom stereocenters. The van der Waals surface area contributed by atoms with E-state index in [1.54, 1.807) is 24.6 Å². The highest BCUT2D eigenvalue weighted by atomic mass is 16.6. The maximum absolute atomic E-state index is 10.5. The monoisotopic (exact) mass is 202 g/mol. The van der Waals surface area contributed by atoms with Crippen LogP contribution in [0.2, 0.25) is 0 Å². The number of anilines is 1. The Labute approximate surface area is 87.3 Å². The molecule has 0 saturated carbocycles. The number of nitrogens with zero attached hydrogens (tertiary/aromatic N) is 2. The molecule has 4 heteroatoms. The fourth-order valence-electron chi connectivity index (χ4n) is 1.39. The molecular formula is C11H10N2O2. The predicted octanol–water partition coefficient (Wildman–Crippen LogP) is 2.18. The van der Waals surface area contributed by atoms with Crippen molar-refractivity contribution in [3.05, 3.63) is 65.0 Å². The first kappa shape index (κ1) is 9.45. The highest BCUT2D eigenvalue weighted by Gasteiger charge is 2.16. The van der Waals surface area contributed by atoms with Crippen molar-refractivity contribution in [3.8, 4) is 0 Å². The van der Waals surface area contributed by atoms with Crippen molar-refractivity contribution in [1.29, 1.82) is 0 Å². The molecule has 0 radical (unpaired) electrons. The summed E-state index contributed by atoms with van der Waals surface area (Å²) in [6.07, 6.45) is 6.55. The van der Waals surface area contributed by atoms with Gasteiger partial charge in [-0.3, -0.25) is 10.1 Å². The predicted molar refractivity (Wildman–Crippen MR) is 58.0 cm³/mol. The molecule has 0 aromatic heterocycles. The maximum atomic E-state index is 10.5. The minimum Gasteiger partial charge on any atom is -0.324 e. The van der Waals surface area contributed by atoms with E-state index in [0.29, 0.717) is 0 Å². The van der Waals surface area contributed by atoms with Crippen LogP contribution in [0.1, 0.15) is 0 Å². The normalized spacial score (nSPS) is 15.6. The quantitative estimate of drug-likeness (QED) is 0.545. The zero-order valence-corrected chi connectivity index (χ0v) is 7.98. The molecule has 2 rings (SSSR count). The third-order valence-electron chi connectivity index (χ3n) is 2.19. The molecule has 1 aliphatic rings. The summed E-state index contributed by atoms with van der Waals surface area (Å²) >= 11 is 0. The van der Waals surface area contributed by atoms with E-state index in [1.807, 2.05) is 35.2 Å². The summed E-state index contributed by atoms with van der Waals surface area (Å²) in [6, 6.07) is 8.97. The fraction of sp³-hybridized carbons (Fsp3) is 0.0909. The van der Waals surface area contributed by atoms with Crippen LogP contribution >= 0.6 is 0 Å². The van der Waals surface area contributed by atoms with E-state index < -0.39 is 6.04 Å². The molecule has 1 aromatic rings. The first-order valence-corrected chi connectivity index (χ1v) is 4.61. The van der Waals surface area contributed by atoms with Crippen LogP contribution in [0.15, 0.2) is 54.9 Å². The van der Waals surface area contributed by atoms with Gasteiger partial charge in [-0.25, -0.2) is 0 Å². The molecular weight excluding hydrogens is 192 g/mol. The zero-order chi connectivity index (χ0) is 10.7. The molecule has 0 N–H and O–H groups in total. The second kappa shape index (κ2) is 3.96. The first-order valence-electron chi connectivity index (χ1n) is 4.61. The summed E-state index contributed by atoms with van der Waals surface area (Å²) in [5.41, 5.74) is 0.992. The Morgan fingerprint density at radius 1 is 1.13 bits per heavy atom. The average Bonchev–Trinajstić information content (AvgIpc) is 2.30. The van der Waals surface area contributed by atoms with Gasteiger partial charge in [-0.1, -0.05) is 18.2 Å². The number of hydrogen-bond acceptors (Lipinski definition) is 3. The molecule has 0 amide bonds. The van der Waals surface area contributed by atoms with Gasteiger partial charge in [0.25, 0.3) is 6.04 Å². The minimum atomic E-state index is -0.704. The topological polar surface area (TPSA) is 46.4 Å². The van der Waals surface area contributed by atoms with Crippen molar-refractivity contribution in [3.63, 3.8) is 0 Å². The van der Waals surface area contributed by atoms with Crippen LogP contribution in [0, 0.1) is 10.1 Å². The van der Waals surface area contributed by atoms with E-state index in [9.17, 15) is 10.1 Å². The lowest BCUT2D eigenvalue weighted by molar-refractivity contribution is -0.496. The molecule has 1 aliphatic heterocycles. The third-order valence-corrected chi connectivity index (χ3v) is 2.19. The molecule has 0 spiro atoms. The molecule has 0 saturated heterocycles. The molecule has 0 unspecified atom stereocenters. The molecule has 1 aromatic carbocycles. The van der Waals surface area contributed by atoms with Gasteiger partial charge in [0.05, 0.1) is 0 Å². The van der Waals surface area contributed by atoms with Gasteiger partial charge in [0.1, 0.15) is 0 Å². The lowest BCUT2D eigenvalue weighted by atomic mass is 10.2. The molecule has 4 nitrogen and oxygen atoms in total. The van der Waals surface area contributed by atoms with E-state index >= 15 is 0 Å². The Bertz CT molecular complexity index is 398. The number of hydrogen-bond donors (Lipinski definition) is 0. The van der Waals surface area contributed by atoms with E-state index in [-0.39, 0.29) is 4.92 Å². The number of rotatable bonds is 2. The van der Waals surface area contributed by atoms with Crippen LogP contribution in [0.4, 0.5) is 5.69 Å². The average molecular weight is 202 g/mol. The first-order chi connectivity index (χ1) is 7.27. The third kappa shape index (κ3) is 2.04. The van der Waals surface area contributed by atoms with Crippen molar-refractivity contribution in [1.82, 2.24) is 0 Å². The van der Waals surface area contributed by atoms with Crippen molar-refractivity contribution < 1.29 is 4.92 Å². The lowest BCUT2D eigenvalue weighted by Gasteiger charge is -2.18. The molecule has 0 bridgehead atoms. The molecule has 0 fully saturated rings. The van der Waals surface area contributed by atoms with Gasteiger partial charge in [-0.15, -0.1) is 0 Å². The second-order valence-corrected chi connectivity index (χ2v) is 3.20. The Hall–Kier alpha value is -2.10. The van der Waals surface area contributed by atoms with Crippen LogP contribution in [-0.4, -0.2) is 11.0 Å². The standard InChI is InChI=1S/C11H10N2O2/c14-13(15)11-6-8-12(9-7-11)10-4-2-1-3-5-10/h1-9,11H. The van der Waals surface area contributed by atoms with Gasteiger partial charge < -0.3 is 4.90 Å². The van der Waals surface area contributed by atoms with E-state index in [1.165, 1.54) is 0 Å². The summed E-state index contributed by atoms with van der Waals surface area (Å²) in [6.45, 7) is 0. The molecule has 76 valence electrons. The second-order valence-electron chi connectivity index (χ2n) is 3.20. The maximum Gasteiger partial charge on any atom is 0.252 e. The fourth-order valence-corrected chi connectivity index (χ4v) is 1.39. The zero-order valence-electron chi connectivity index (χ0n) is 7.98. The Morgan fingerprint density at radius 3 is 2.27 bits per heavy atom. The van der Waals surface area contributed by atoms with Crippen LogP contribution < -0.4 is 4.90 Å². The van der Waals surface area contributed by atoms with Crippen molar-refractivity contribution in [2.24, 2.45) is 0 Å². The lowest BCUT2D eigenvalue weighted by Crippen LogP contribution is -2.21. The molecule has 15 heavy (non-hydrogen) atoms. The van der Waals surface area contributed by atoms with Crippen molar-refractivity contribution in [2.75, 3.05) is 4.90 Å². The SMILES string of the molecule is O=[N+]([O-])C1C=CN(c2ccccc2)C=C1. The van der Waals surface area contributed by atoms with Crippen LogP contribution in [0.5, 0.6) is 0 Å². The molecule has 1 heterocycles. The number of para-hydroxylation sites is 1. The summed E-state index contributed by atoms with van der Waals surface area (Å²) in [5, 5.41) is 10.5. The van der Waals surface area contributed by atoms with Gasteiger partial charge >= 0.3 is 0 Å². The van der Waals surface area contributed by atoms with Gasteiger partial charge in [0, 0.05) is 35.2 Å². The Kier molecular flexibility index (Phi) is 2.49. The van der Waals surface area contributed by atoms with Crippen LogP contribution in [0.3, 0.4) is 0 Å². The molecule has 0 aliphatic carbocycles. The summed E-state index contributed by atoms with van der Waals surface area (Å²) in [7, 11) is 0. The number of nitro groups is 1. The number of benzene rings is 1. The van der Waals surface area contributed by atoms with E-state index in [2.05, 4.69) is 0 Å². The van der Waals surface area contributed by atoms with Crippen LogP contribution in [-0.2, 0) is 0 Å². The largest absolute Gasteiger partial charge is 0.324 e. The Balaban J connectivity index is 2.15. The van der Waals surface area contributed by atoms with Crippen molar-refractivity contribution >= 4 is 5.69 Å². The van der Waals surface area contributed by atoms with Gasteiger partial charge in [-0.2, -0.15) is 0 Å². The highest BCUT2D eigenvalue weighted by molar-refractivity contribution is 5.53. The summed E-state index contributed by atoms with van der Waals surface area (Å²) in [4.78, 5) is 12.0. The van der Waals surface area contributed by atoms with E-state index in [0.717, 1.165) is 5.69 Å². The van der Waals surface area contributed by atoms with Crippen LogP contribution in [0.25, 0.3) is 0 Å². The summed E-state index contributed by atoms with van der Waals surface area (Å²) < 4.78 is 0. The smallest absolute Gasteiger partial charge is 0.252 e. The van der Waals surface area contributed by atoms with Crippen molar-refractivity contribution in [2.45, 2.75) is 6.04 Å².